The second kappa shape index (κ2) is 8.52. The Balaban J connectivity index is 1.75. The van der Waals surface area contributed by atoms with Crippen molar-refractivity contribution in [2.24, 2.45) is 0 Å². The zero-order valence-corrected chi connectivity index (χ0v) is 13.8. The summed E-state index contributed by atoms with van der Waals surface area (Å²) >= 11 is 11.7. The molecule has 24 heavy (non-hydrogen) atoms. The van der Waals surface area contributed by atoms with E-state index in [1.165, 1.54) is 30.3 Å². The molecule has 0 aromatic heterocycles. The van der Waals surface area contributed by atoms with Gasteiger partial charge in [-0.3, -0.25) is 9.59 Å². The number of rotatable bonds is 6. The minimum Gasteiger partial charge on any atom is -0.484 e. The van der Waals surface area contributed by atoms with Crippen LogP contribution in [0, 0.1) is 5.82 Å². The minimum absolute atomic E-state index is 0.256. The van der Waals surface area contributed by atoms with Crippen molar-refractivity contribution in [3.8, 4) is 5.75 Å². The molecule has 2 N–H and O–H groups in total. The second-order valence-electron chi connectivity index (χ2n) is 4.69. The highest BCUT2D eigenvalue weighted by molar-refractivity contribution is 6.35. The molecule has 0 atom stereocenters. The van der Waals surface area contributed by atoms with E-state index < -0.39 is 17.6 Å². The molecule has 8 heteroatoms. The van der Waals surface area contributed by atoms with E-state index in [0.29, 0.717) is 21.5 Å². The molecule has 0 saturated carbocycles. The number of halogens is 3. The van der Waals surface area contributed by atoms with Gasteiger partial charge in [0, 0.05) is 5.02 Å². The Bertz CT molecular complexity index is 739. The number of amides is 2. The molecule has 0 radical (unpaired) electrons. The lowest BCUT2D eigenvalue weighted by molar-refractivity contribution is -0.125. The molecule has 2 amide bonds. The summed E-state index contributed by atoms with van der Waals surface area (Å²) in [6, 6.07) is 9.88. The fourth-order valence-electron chi connectivity index (χ4n) is 1.70. The molecule has 0 aliphatic heterocycles. The van der Waals surface area contributed by atoms with E-state index in [9.17, 15) is 14.0 Å². The summed E-state index contributed by atoms with van der Waals surface area (Å²) in [7, 11) is 0. The van der Waals surface area contributed by atoms with Crippen molar-refractivity contribution in [3.05, 3.63) is 58.3 Å². The molecular formula is C16H13Cl2FN2O3. The summed E-state index contributed by atoms with van der Waals surface area (Å²) in [6.07, 6.45) is 0. The van der Waals surface area contributed by atoms with Crippen LogP contribution in [-0.2, 0) is 9.59 Å². The summed E-state index contributed by atoms with van der Waals surface area (Å²) < 4.78 is 17.9. The van der Waals surface area contributed by atoms with Gasteiger partial charge in [0.15, 0.2) is 6.61 Å². The van der Waals surface area contributed by atoms with Gasteiger partial charge in [0.1, 0.15) is 11.6 Å². The Morgan fingerprint density at radius 3 is 2.46 bits per heavy atom. The smallest absolute Gasteiger partial charge is 0.258 e. The van der Waals surface area contributed by atoms with Crippen LogP contribution in [0.15, 0.2) is 42.5 Å². The van der Waals surface area contributed by atoms with Crippen LogP contribution in [0.3, 0.4) is 0 Å². The van der Waals surface area contributed by atoms with Crippen LogP contribution in [0.1, 0.15) is 0 Å². The summed E-state index contributed by atoms with van der Waals surface area (Å²) in [6.45, 7) is -0.550. The molecule has 0 unspecified atom stereocenters. The molecule has 2 aromatic carbocycles. The Hall–Kier alpha value is -2.31. The fourth-order valence-corrected chi connectivity index (χ4v) is 2.03. The number of hydrogen-bond donors (Lipinski definition) is 2. The number of carbonyl (C=O) groups excluding carboxylic acids is 2. The normalized spacial score (nSPS) is 10.1. The largest absolute Gasteiger partial charge is 0.484 e. The van der Waals surface area contributed by atoms with E-state index in [0.717, 1.165) is 0 Å². The van der Waals surface area contributed by atoms with Crippen molar-refractivity contribution in [2.75, 3.05) is 18.5 Å². The maximum absolute atomic E-state index is 12.7. The topological polar surface area (TPSA) is 67.4 Å². The number of nitrogens with one attached hydrogen (secondary N) is 2. The van der Waals surface area contributed by atoms with Crippen molar-refractivity contribution >= 4 is 40.7 Å². The first-order valence-corrected chi connectivity index (χ1v) is 7.59. The molecule has 126 valence electrons. The van der Waals surface area contributed by atoms with E-state index in [1.54, 1.807) is 12.1 Å². The number of benzene rings is 2. The Kier molecular flexibility index (Phi) is 6.40. The number of carbonyl (C=O) groups is 2. The number of ether oxygens (including phenoxy) is 1. The van der Waals surface area contributed by atoms with Crippen molar-refractivity contribution in [1.82, 2.24) is 5.32 Å². The highest BCUT2D eigenvalue weighted by Gasteiger charge is 2.09. The van der Waals surface area contributed by atoms with Gasteiger partial charge < -0.3 is 15.4 Å². The van der Waals surface area contributed by atoms with Crippen molar-refractivity contribution in [3.63, 3.8) is 0 Å². The van der Waals surface area contributed by atoms with Crippen LogP contribution in [-0.4, -0.2) is 25.0 Å². The van der Waals surface area contributed by atoms with Crippen molar-refractivity contribution in [1.29, 1.82) is 0 Å². The highest BCUT2D eigenvalue weighted by Crippen LogP contribution is 2.25. The third kappa shape index (κ3) is 5.72. The molecule has 2 rings (SSSR count). The van der Waals surface area contributed by atoms with E-state index in [2.05, 4.69) is 10.6 Å². The van der Waals surface area contributed by atoms with Gasteiger partial charge in [-0.05, 0) is 42.5 Å². The first kappa shape index (κ1) is 18.0. The molecule has 0 spiro atoms. The molecule has 2 aromatic rings. The first-order valence-electron chi connectivity index (χ1n) is 6.84. The van der Waals surface area contributed by atoms with Gasteiger partial charge in [-0.2, -0.15) is 0 Å². The number of anilines is 1. The molecule has 0 heterocycles. The molecule has 0 fully saturated rings. The van der Waals surface area contributed by atoms with Crippen LogP contribution in [0.4, 0.5) is 10.1 Å². The van der Waals surface area contributed by atoms with Gasteiger partial charge in [0.2, 0.25) is 5.91 Å². The first-order chi connectivity index (χ1) is 11.4. The van der Waals surface area contributed by atoms with Crippen LogP contribution in [0.2, 0.25) is 10.0 Å². The summed E-state index contributed by atoms with van der Waals surface area (Å²) in [5.41, 5.74) is 0.353. The molecule has 0 bridgehead atoms. The molecular weight excluding hydrogens is 358 g/mol. The summed E-state index contributed by atoms with van der Waals surface area (Å²) in [5, 5.41) is 5.68. The maximum Gasteiger partial charge on any atom is 0.258 e. The van der Waals surface area contributed by atoms with E-state index >= 15 is 0 Å². The Labute approximate surface area is 147 Å². The molecule has 0 aliphatic carbocycles. The average molecular weight is 371 g/mol. The SMILES string of the molecule is O=C(COc1ccc(F)cc1)NCC(=O)Nc1cc(Cl)ccc1Cl. The third-order valence-electron chi connectivity index (χ3n) is 2.83. The van der Waals surface area contributed by atoms with Gasteiger partial charge in [0.05, 0.1) is 17.3 Å². The lowest BCUT2D eigenvalue weighted by Gasteiger charge is -2.09. The fraction of sp³-hybridized carbons (Fsp3) is 0.125. The maximum atomic E-state index is 12.7. The second-order valence-corrected chi connectivity index (χ2v) is 5.54. The molecule has 0 aliphatic rings. The van der Waals surface area contributed by atoms with Crippen LogP contribution in [0.5, 0.6) is 5.75 Å². The molecule has 5 nitrogen and oxygen atoms in total. The summed E-state index contributed by atoms with van der Waals surface area (Å²) in [5.74, 6) is -1.01. The monoisotopic (exact) mass is 370 g/mol. The van der Waals surface area contributed by atoms with E-state index in [4.69, 9.17) is 27.9 Å². The quantitative estimate of drug-likeness (QED) is 0.819. The van der Waals surface area contributed by atoms with Crippen LogP contribution < -0.4 is 15.4 Å². The highest BCUT2D eigenvalue weighted by atomic mass is 35.5. The number of hydrogen-bond acceptors (Lipinski definition) is 3. The lowest BCUT2D eigenvalue weighted by Crippen LogP contribution is -2.35. The van der Waals surface area contributed by atoms with Crippen molar-refractivity contribution < 1.29 is 18.7 Å². The zero-order chi connectivity index (χ0) is 17.5. The Morgan fingerprint density at radius 2 is 1.75 bits per heavy atom. The average Bonchev–Trinajstić information content (AvgIpc) is 2.56. The van der Waals surface area contributed by atoms with Crippen molar-refractivity contribution in [2.45, 2.75) is 0 Å². The van der Waals surface area contributed by atoms with Gasteiger partial charge in [0.25, 0.3) is 5.91 Å². The Morgan fingerprint density at radius 1 is 1.04 bits per heavy atom. The summed E-state index contributed by atoms with van der Waals surface area (Å²) in [4.78, 5) is 23.4. The molecule has 0 saturated heterocycles. The minimum atomic E-state index is -0.494. The van der Waals surface area contributed by atoms with Gasteiger partial charge in [-0.25, -0.2) is 4.39 Å². The third-order valence-corrected chi connectivity index (χ3v) is 3.40. The lowest BCUT2D eigenvalue weighted by atomic mass is 10.3. The van der Waals surface area contributed by atoms with Gasteiger partial charge in [-0.15, -0.1) is 0 Å². The van der Waals surface area contributed by atoms with E-state index in [-0.39, 0.29) is 13.2 Å². The van der Waals surface area contributed by atoms with Crippen LogP contribution in [0.25, 0.3) is 0 Å². The van der Waals surface area contributed by atoms with Gasteiger partial charge in [-0.1, -0.05) is 23.2 Å². The predicted octanol–water partition coefficient (Wildman–Crippen LogP) is 3.27. The van der Waals surface area contributed by atoms with Gasteiger partial charge >= 0.3 is 0 Å². The van der Waals surface area contributed by atoms with E-state index in [1.807, 2.05) is 0 Å². The van der Waals surface area contributed by atoms with Crippen LogP contribution >= 0.6 is 23.2 Å². The predicted molar refractivity (Wildman–Crippen MR) is 90.0 cm³/mol. The zero-order valence-electron chi connectivity index (χ0n) is 12.3. The standard InChI is InChI=1S/C16H13Cl2FN2O3/c17-10-1-6-13(18)14(7-10)21-15(22)8-20-16(23)9-24-12-4-2-11(19)3-5-12/h1-7H,8-9H2,(H,20,23)(H,21,22).